The predicted molar refractivity (Wildman–Crippen MR) is 156 cm³/mol. The number of aromatic nitrogens is 5. The average Bonchev–Trinajstić information content (AvgIpc) is 3.41. The smallest absolute Gasteiger partial charge is 0.431 e. The fourth-order valence-corrected chi connectivity index (χ4v) is 6.19. The SMILES string of the molecule is CCOP(=O)(O)Nc1ncnc2c1ncn2Cc1cc(-c2cc(F)c(OC)cc2F)ncc1N1CCC[C@](N)([C@H](O)C(F)F)C1. The number of ether oxygens (including phenoxy) is 1. The van der Waals surface area contributed by atoms with Crippen molar-refractivity contribution in [3.63, 3.8) is 0 Å². The van der Waals surface area contributed by atoms with E-state index in [0.29, 0.717) is 24.2 Å². The molecule has 0 saturated carbocycles. The lowest BCUT2D eigenvalue weighted by atomic mass is 9.84. The first-order valence-electron chi connectivity index (χ1n) is 13.8. The maximum absolute atomic E-state index is 15.1. The average molecular weight is 655 g/mol. The molecular formula is C27H31F4N8O5P. The Bertz CT molecular complexity index is 1750. The van der Waals surface area contributed by atoms with Crippen LogP contribution in [0, 0.1) is 11.6 Å². The van der Waals surface area contributed by atoms with Gasteiger partial charge in [-0.3, -0.25) is 14.6 Å². The molecule has 45 heavy (non-hydrogen) atoms. The van der Waals surface area contributed by atoms with Crippen molar-refractivity contribution in [2.24, 2.45) is 5.73 Å². The molecule has 3 aromatic heterocycles. The van der Waals surface area contributed by atoms with Gasteiger partial charge in [0.15, 0.2) is 28.5 Å². The van der Waals surface area contributed by atoms with Gasteiger partial charge in [-0.1, -0.05) is 0 Å². The van der Waals surface area contributed by atoms with Gasteiger partial charge in [0.2, 0.25) is 0 Å². The van der Waals surface area contributed by atoms with Crippen molar-refractivity contribution in [1.82, 2.24) is 24.5 Å². The van der Waals surface area contributed by atoms with Crippen LogP contribution in [0.2, 0.25) is 0 Å². The number of methoxy groups -OCH3 is 1. The number of aliphatic hydroxyl groups is 1. The van der Waals surface area contributed by atoms with E-state index >= 15 is 4.39 Å². The third-order valence-electron chi connectivity index (χ3n) is 7.50. The second-order valence-electron chi connectivity index (χ2n) is 10.5. The van der Waals surface area contributed by atoms with Crippen LogP contribution >= 0.6 is 7.75 Å². The van der Waals surface area contributed by atoms with Gasteiger partial charge in [-0.2, -0.15) is 0 Å². The summed E-state index contributed by atoms with van der Waals surface area (Å²) in [6.07, 6.45) is -0.639. The summed E-state index contributed by atoms with van der Waals surface area (Å²) < 4.78 is 80.3. The molecule has 1 unspecified atom stereocenters. The first-order valence-corrected chi connectivity index (χ1v) is 15.4. The van der Waals surface area contributed by atoms with Crippen molar-refractivity contribution >= 4 is 30.4 Å². The molecule has 0 spiro atoms. The number of nitrogens with one attached hydrogen (secondary N) is 1. The largest absolute Gasteiger partial charge is 0.494 e. The van der Waals surface area contributed by atoms with E-state index in [1.807, 2.05) is 0 Å². The highest BCUT2D eigenvalue weighted by Gasteiger charge is 2.43. The number of aliphatic hydroxyl groups excluding tert-OH is 1. The van der Waals surface area contributed by atoms with E-state index in [4.69, 9.17) is 15.0 Å². The Labute approximate surface area is 254 Å². The quantitative estimate of drug-likeness (QED) is 0.137. The van der Waals surface area contributed by atoms with Gasteiger partial charge in [0, 0.05) is 24.7 Å². The Morgan fingerprint density at radius 1 is 1.18 bits per heavy atom. The Hall–Kier alpha value is -3.89. The van der Waals surface area contributed by atoms with Crippen molar-refractivity contribution in [3.8, 4) is 17.0 Å². The molecule has 0 amide bonds. The van der Waals surface area contributed by atoms with Gasteiger partial charge in [-0.25, -0.2) is 37.1 Å². The minimum atomic E-state index is -4.25. The predicted octanol–water partition coefficient (Wildman–Crippen LogP) is 3.70. The van der Waals surface area contributed by atoms with E-state index in [9.17, 15) is 27.7 Å². The number of pyridine rings is 1. The van der Waals surface area contributed by atoms with E-state index in [-0.39, 0.29) is 60.1 Å². The van der Waals surface area contributed by atoms with Gasteiger partial charge in [-0.15, -0.1) is 0 Å². The Morgan fingerprint density at radius 2 is 1.96 bits per heavy atom. The summed E-state index contributed by atoms with van der Waals surface area (Å²) in [6, 6.07) is 3.36. The molecule has 1 aromatic carbocycles. The molecule has 4 aromatic rings. The van der Waals surface area contributed by atoms with E-state index in [0.717, 1.165) is 18.5 Å². The number of nitrogens with zero attached hydrogens (tertiary/aromatic N) is 6. The number of rotatable bonds is 11. The fraction of sp³-hybridized carbons (Fsp3) is 0.407. The van der Waals surface area contributed by atoms with Crippen LogP contribution in [0.25, 0.3) is 22.4 Å². The standard InChI is InChI=1S/C27H31F4N8O5P/c1-3-44-45(41,42)37-25-22-26(35-13-34-25)39(14-36-22)11-15-7-19(16-8-18(29)21(43-2)9-17(16)28)33-10-20(15)38-6-4-5-27(32,12-38)23(40)24(30)31/h7-10,13-14,23-24,40H,3-6,11-12,32H2,1-2H3,(H2,34,35,37,41,42)/t23-,27-/m1/s1. The number of benzene rings is 1. The summed E-state index contributed by atoms with van der Waals surface area (Å²) in [5, 5.41) is 12.6. The number of anilines is 2. The molecule has 1 fully saturated rings. The Balaban J connectivity index is 1.58. The zero-order valence-electron chi connectivity index (χ0n) is 24.2. The lowest BCUT2D eigenvalue weighted by Crippen LogP contribution is -2.63. The zero-order chi connectivity index (χ0) is 32.5. The van der Waals surface area contributed by atoms with Gasteiger partial charge in [0.05, 0.1) is 49.7 Å². The molecule has 1 aliphatic heterocycles. The van der Waals surface area contributed by atoms with Crippen molar-refractivity contribution in [2.45, 2.75) is 44.4 Å². The van der Waals surface area contributed by atoms with Crippen LogP contribution < -0.4 is 20.5 Å². The molecule has 4 heterocycles. The van der Waals surface area contributed by atoms with E-state index in [1.54, 1.807) is 16.4 Å². The Morgan fingerprint density at radius 3 is 2.67 bits per heavy atom. The minimum absolute atomic E-state index is 0.00573. The lowest BCUT2D eigenvalue weighted by Gasteiger charge is -2.44. The molecule has 0 radical (unpaired) electrons. The second-order valence-corrected chi connectivity index (χ2v) is 12.0. The third kappa shape index (κ3) is 6.72. The molecule has 242 valence electrons. The van der Waals surface area contributed by atoms with Crippen LogP contribution in [-0.2, 0) is 15.6 Å². The van der Waals surface area contributed by atoms with Crippen LogP contribution in [0.4, 0.5) is 29.1 Å². The normalized spacial score (nSPS) is 19.1. The highest BCUT2D eigenvalue weighted by molar-refractivity contribution is 7.54. The summed E-state index contributed by atoms with van der Waals surface area (Å²) in [4.78, 5) is 28.7. The van der Waals surface area contributed by atoms with E-state index in [1.165, 1.54) is 25.7 Å². The van der Waals surface area contributed by atoms with Crippen molar-refractivity contribution < 1.29 is 41.4 Å². The number of hydrogen-bond acceptors (Lipinski definition) is 10. The molecule has 1 aliphatic rings. The van der Waals surface area contributed by atoms with Gasteiger partial charge in [0.25, 0.3) is 6.43 Å². The number of halogens is 4. The molecule has 5 N–H and O–H groups in total. The number of hydrogen-bond donors (Lipinski definition) is 4. The highest BCUT2D eigenvalue weighted by atomic mass is 31.2. The number of fused-ring (bicyclic) bond motifs is 1. The maximum Gasteiger partial charge on any atom is 0.431 e. The summed E-state index contributed by atoms with van der Waals surface area (Å²) >= 11 is 0. The van der Waals surface area contributed by atoms with Gasteiger partial charge < -0.3 is 29.9 Å². The molecule has 18 heteroatoms. The number of nitrogens with two attached hydrogens (primary N) is 1. The summed E-state index contributed by atoms with van der Waals surface area (Å²) in [5.41, 5.74) is 5.87. The molecule has 3 atom stereocenters. The molecule has 13 nitrogen and oxygen atoms in total. The third-order valence-corrected chi connectivity index (χ3v) is 8.60. The summed E-state index contributed by atoms with van der Waals surface area (Å²) in [5.74, 6) is -1.95. The maximum atomic E-state index is 15.1. The van der Waals surface area contributed by atoms with Crippen LogP contribution in [0.5, 0.6) is 5.75 Å². The second kappa shape index (κ2) is 12.8. The number of piperidine rings is 1. The van der Waals surface area contributed by atoms with Crippen molar-refractivity contribution in [2.75, 3.05) is 36.8 Å². The molecule has 1 saturated heterocycles. The first-order chi connectivity index (χ1) is 21.4. The van der Waals surface area contributed by atoms with Crippen molar-refractivity contribution in [1.29, 1.82) is 0 Å². The van der Waals surface area contributed by atoms with Crippen LogP contribution in [0.3, 0.4) is 0 Å². The molecule has 0 bridgehead atoms. The molecule has 0 aliphatic carbocycles. The summed E-state index contributed by atoms with van der Waals surface area (Å²) in [7, 11) is -3.04. The summed E-state index contributed by atoms with van der Waals surface area (Å²) in [6.45, 7) is 1.77. The van der Waals surface area contributed by atoms with E-state index in [2.05, 4.69) is 25.0 Å². The van der Waals surface area contributed by atoms with Gasteiger partial charge >= 0.3 is 7.75 Å². The fourth-order valence-electron chi connectivity index (χ4n) is 5.34. The zero-order valence-corrected chi connectivity index (χ0v) is 25.1. The topological polar surface area (TPSA) is 174 Å². The van der Waals surface area contributed by atoms with Crippen molar-refractivity contribution in [3.05, 3.63) is 54.2 Å². The lowest BCUT2D eigenvalue weighted by molar-refractivity contribution is -0.0529. The highest BCUT2D eigenvalue weighted by Crippen LogP contribution is 2.42. The monoisotopic (exact) mass is 654 g/mol. The molecule has 5 rings (SSSR count). The minimum Gasteiger partial charge on any atom is -0.494 e. The number of alkyl halides is 2. The van der Waals surface area contributed by atoms with Crippen LogP contribution in [0.15, 0.2) is 37.1 Å². The van der Waals surface area contributed by atoms with Crippen LogP contribution in [-0.4, -0.2) is 79.4 Å². The molecular weight excluding hydrogens is 623 g/mol. The number of imidazole rings is 1. The van der Waals surface area contributed by atoms with Gasteiger partial charge in [0.1, 0.15) is 18.2 Å². The van der Waals surface area contributed by atoms with Crippen LogP contribution in [0.1, 0.15) is 25.3 Å². The Kier molecular flexibility index (Phi) is 9.28. The van der Waals surface area contributed by atoms with E-state index < -0.39 is 37.4 Å². The van der Waals surface area contributed by atoms with Gasteiger partial charge in [-0.05, 0) is 37.5 Å². The first kappa shape index (κ1) is 32.5.